The number of rotatable bonds is 7. The molecule has 2 N–H and O–H groups in total. The summed E-state index contributed by atoms with van der Waals surface area (Å²) in [6.45, 7) is 1.83. The summed E-state index contributed by atoms with van der Waals surface area (Å²) in [6, 6.07) is 7.05. The standard InChI is InChI=1S/C16H21N3O3/c1-11(20)12-3-5-13(6-4-12)17-15(21)9-19(2)10-16(22)18-14-7-8-14/h3-6,14H,7-10H2,1-2H3,(H,17,21)(H,18,22). The maximum Gasteiger partial charge on any atom is 0.238 e. The van der Waals surface area contributed by atoms with E-state index in [1.807, 2.05) is 0 Å². The lowest BCUT2D eigenvalue weighted by Gasteiger charge is -2.16. The molecule has 2 amide bonds. The van der Waals surface area contributed by atoms with E-state index in [0.717, 1.165) is 12.8 Å². The predicted octanol–water partition coefficient (Wildman–Crippen LogP) is 1.04. The first-order valence-electron chi connectivity index (χ1n) is 7.33. The monoisotopic (exact) mass is 303 g/mol. The van der Waals surface area contributed by atoms with Crippen molar-refractivity contribution in [3.05, 3.63) is 29.8 Å². The SMILES string of the molecule is CC(=O)c1ccc(NC(=O)CN(C)CC(=O)NC2CC2)cc1. The number of benzene rings is 1. The van der Waals surface area contributed by atoms with Gasteiger partial charge in [0.15, 0.2) is 5.78 Å². The molecular weight excluding hydrogens is 282 g/mol. The third-order valence-electron chi connectivity index (χ3n) is 3.34. The summed E-state index contributed by atoms with van der Waals surface area (Å²) in [5.41, 5.74) is 1.23. The maximum absolute atomic E-state index is 11.9. The van der Waals surface area contributed by atoms with Crippen molar-refractivity contribution in [1.29, 1.82) is 0 Å². The van der Waals surface area contributed by atoms with Crippen LogP contribution in [0.15, 0.2) is 24.3 Å². The Labute approximate surface area is 129 Å². The number of carbonyl (C=O) groups excluding carboxylic acids is 3. The molecule has 1 aliphatic carbocycles. The number of ketones is 1. The Kier molecular flexibility index (Phi) is 5.27. The molecule has 0 heterocycles. The van der Waals surface area contributed by atoms with Crippen molar-refractivity contribution in [2.45, 2.75) is 25.8 Å². The van der Waals surface area contributed by atoms with Crippen molar-refractivity contribution in [3.8, 4) is 0 Å². The normalized spacial score (nSPS) is 13.8. The van der Waals surface area contributed by atoms with E-state index in [4.69, 9.17) is 0 Å². The largest absolute Gasteiger partial charge is 0.352 e. The van der Waals surface area contributed by atoms with Crippen molar-refractivity contribution in [3.63, 3.8) is 0 Å². The Hall–Kier alpha value is -2.21. The van der Waals surface area contributed by atoms with Crippen molar-refractivity contribution < 1.29 is 14.4 Å². The van der Waals surface area contributed by atoms with E-state index in [2.05, 4.69) is 10.6 Å². The average molecular weight is 303 g/mol. The molecule has 1 aromatic rings. The van der Waals surface area contributed by atoms with Crippen LogP contribution in [0.4, 0.5) is 5.69 Å². The molecule has 1 saturated carbocycles. The first kappa shape index (κ1) is 16.2. The molecule has 22 heavy (non-hydrogen) atoms. The van der Waals surface area contributed by atoms with E-state index < -0.39 is 0 Å². The van der Waals surface area contributed by atoms with Crippen LogP contribution in [0.25, 0.3) is 0 Å². The fourth-order valence-electron chi connectivity index (χ4n) is 2.04. The smallest absolute Gasteiger partial charge is 0.238 e. The predicted molar refractivity (Wildman–Crippen MR) is 83.7 cm³/mol. The molecule has 118 valence electrons. The van der Waals surface area contributed by atoms with Crippen molar-refractivity contribution in [2.24, 2.45) is 0 Å². The third-order valence-corrected chi connectivity index (χ3v) is 3.34. The van der Waals surface area contributed by atoms with Crippen LogP contribution in [0.1, 0.15) is 30.1 Å². The molecular formula is C16H21N3O3. The van der Waals surface area contributed by atoms with Crippen LogP contribution >= 0.6 is 0 Å². The summed E-state index contributed by atoms with van der Waals surface area (Å²) in [5, 5.41) is 5.62. The van der Waals surface area contributed by atoms with Gasteiger partial charge in [0.25, 0.3) is 0 Å². The zero-order chi connectivity index (χ0) is 16.1. The van der Waals surface area contributed by atoms with E-state index in [1.54, 1.807) is 36.2 Å². The quantitative estimate of drug-likeness (QED) is 0.738. The van der Waals surface area contributed by atoms with Gasteiger partial charge in [0.1, 0.15) is 0 Å². The van der Waals surface area contributed by atoms with Crippen LogP contribution in [0, 0.1) is 0 Å². The summed E-state index contributed by atoms with van der Waals surface area (Å²) in [5.74, 6) is -0.264. The van der Waals surface area contributed by atoms with Gasteiger partial charge in [-0.15, -0.1) is 0 Å². The fraction of sp³-hybridized carbons (Fsp3) is 0.438. The van der Waals surface area contributed by atoms with Crippen LogP contribution in [0.5, 0.6) is 0 Å². The van der Waals surface area contributed by atoms with Crippen LogP contribution in [-0.4, -0.2) is 48.7 Å². The van der Waals surface area contributed by atoms with Crippen molar-refractivity contribution >= 4 is 23.3 Å². The molecule has 0 aromatic heterocycles. The highest BCUT2D eigenvalue weighted by Crippen LogP contribution is 2.18. The number of hydrogen-bond donors (Lipinski definition) is 2. The molecule has 1 aliphatic rings. The van der Waals surface area contributed by atoms with Gasteiger partial charge in [0.05, 0.1) is 13.1 Å². The van der Waals surface area contributed by atoms with Crippen molar-refractivity contribution in [2.75, 3.05) is 25.5 Å². The van der Waals surface area contributed by atoms with Gasteiger partial charge in [-0.1, -0.05) is 0 Å². The number of amides is 2. The molecule has 0 aliphatic heterocycles. The highest BCUT2D eigenvalue weighted by atomic mass is 16.2. The Balaban J connectivity index is 1.76. The molecule has 0 spiro atoms. The van der Waals surface area contributed by atoms with Gasteiger partial charge in [-0.05, 0) is 51.1 Å². The minimum absolute atomic E-state index is 0.0146. The number of carbonyl (C=O) groups is 3. The lowest BCUT2D eigenvalue weighted by atomic mass is 10.1. The Bertz CT molecular complexity index is 565. The lowest BCUT2D eigenvalue weighted by molar-refractivity contribution is -0.123. The second-order valence-corrected chi connectivity index (χ2v) is 5.70. The molecule has 0 radical (unpaired) electrons. The minimum Gasteiger partial charge on any atom is -0.352 e. The molecule has 0 saturated heterocycles. The summed E-state index contributed by atoms with van der Waals surface area (Å²) in [6.07, 6.45) is 2.10. The Morgan fingerprint density at radius 2 is 1.68 bits per heavy atom. The summed E-state index contributed by atoms with van der Waals surface area (Å²) in [7, 11) is 1.73. The zero-order valence-corrected chi connectivity index (χ0v) is 12.9. The molecule has 1 fully saturated rings. The number of nitrogens with one attached hydrogen (secondary N) is 2. The minimum atomic E-state index is -0.197. The number of Topliss-reactive ketones (excluding diaryl/α,β-unsaturated/α-hetero) is 1. The number of nitrogens with zero attached hydrogens (tertiary/aromatic N) is 1. The van der Waals surface area contributed by atoms with Crippen LogP contribution in [-0.2, 0) is 9.59 Å². The van der Waals surface area contributed by atoms with E-state index in [0.29, 0.717) is 17.3 Å². The van der Waals surface area contributed by atoms with Gasteiger partial charge in [-0.25, -0.2) is 0 Å². The number of anilines is 1. The third kappa shape index (κ3) is 5.29. The van der Waals surface area contributed by atoms with Crippen LogP contribution in [0.3, 0.4) is 0 Å². The van der Waals surface area contributed by atoms with Crippen LogP contribution < -0.4 is 10.6 Å². The summed E-state index contributed by atoms with van der Waals surface area (Å²) in [4.78, 5) is 36.4. The molecule has 6 heteroatoms. The fourth-order valence-corrected chi connectivity index (χ4v) is 2.04. The van der Waals surface area contributed by atoms with E-state index >= 15 is 0 Å². The highest BCUT2D eigenvalue weighted by molar-refractivity contribution is 5.96. The average Bonchev–Trinajstić information content (AvgIpc) is 3.22. The highest BCUT2D eigenvalue weighted by Gasteiger charge is 2.23. The van der Waals surface area contributed by atoms with E-state index in [9.17, 15) is 14.4 Å². The molecule has 0 unspecified atom stereocenters. The first-order valence-corrected chi connectivity index (χ1v) is 7.33. The molecule has 1 aromatic carbocycles. The number of hydrogen-bond acceptors (Lipinski definition) is 4. The second-order valence-electron chi connectivity index (χ2n) is 5.70. The van der Waals surface area contributed by atoms with Gasteiger partial charge in [0.2, 0.25) is 11.8 Å². The van der Waals surface area contributed by atoms with E-state index in [-0.39, 0.29) is 30.7 Å². The summed E-state index contributed by atoms with van der Waals surface area (Å²) >= 11 is 0. The zero-order valence-electron chi connectivity index (χ0n) is 12.9. The Morgan fingerprint density at radius 3 is 2.23 bits per heavy atom. The number of likely N-dealkylation sites (N-methyl/N-ethyl adjacent to an activating group) is 1. The van der Waals surface area contributed by atoms with Crippen molar-refractivity contribution in [1.82, 2.24) is 10.2 Å². The van der Waals surface area contributed by atoms with Gasteiger partial charge in [-0.3, -0.25) is 19.3 Å². The van der Waals surface area contributed by atoms with Gasteiger partial charge in [-0.2, -0.15) is 0 Å². The lowest BCUT2D eigenvalue weighted by Crippen LogP contribution is -2.39. The Morgan fingerprint density at radius 1 is 1.09 bits per heavy atom. The molecule has 0 bridgehead atoms. The molecule has 0 atom stereocenters. The van der Waals surface area contributed by atoms with E-state index in [1.165, 1.54) is 6.92 Å². The van der Waals surface area contributed by atoms with Gasteiger partial charge >= 0.3 is 0 Å². The maximum atomic E-state index is 11.9. The van der Waals surface area contributed by atoms with Gasteiger partial charge in [0, 0.05) is 17.3 Å². The second kappa shape index (κ2) is 7.17. The summed E-state index contributed by atoms with van der Waals surface area (Å²) < 4.78 is 0. The van der Waals surface area contributed by atoms with Crippen LogP contribution in [0.2, 0.25) is 0 Å². The first-order chi connectivity index (χ1) is 10.4. The molecule has 2 rings (SSSR count). The topological polar surface area (TPSA) is 78.5 Å². The van der Waals surface area contributed by atoms with Gasteiger partial charge < -0.3 is 10.6 Å². The molecule has 6 nitrogen and oxygen atoms in total.